The lowest BCUT2D eigenvalue weighted by molar-refractivity contribution is -0.139. The summed E-state index contributed by atoms with van der Waals surface area (Å²) in [5.41, 5.74) is 1.81. The summed E-state index contributed by atoms with van der Waals surface area (Å²) in [7, 11) is -3.32. The minimum atomic E-state index is -3.32. The topological polar surface area (TPSA) is 80.8 Å². The molecule has 1 heterocycles. The lowest BCUT2D eigenvalue weighted by atomic mass is 10.1. The van der Waals surface area contributed by atoms with E-state index >= 15 is 0 Å². The van der Waals surface area contributed by atoms with Crippen molar-refractivity contribution in [1.29, 1.82) is 0 Å². The summed E-state index contributed by atoms with van der Waals surface area (Å²) in [4.78, 5) is 25.1. The average molecular weight is 405 g/mol. The van der Waals surface area contributed by atoms with Crippen LogP contribution >= 0.6 is 11.8 Å². The molecule has 0 unspecified atom stereocenters. The molecule has 1 aliphatic rings. The summed E-state index contributed by atoms with van der Waals surface area (Å²) in [5.74, 6) is -0.638. The molecule has 0 saturated heterocycles. The molecule has 142 valence electrons. The van der Waals surface area contributed by atoms with Crippen LogP contribution in [0.5, 0.6) is 0 Å². The molecule has 27 heavy (non-hydrogen) atoms. The van der Waals surface area contributed by atoms with Gasteiger partial charge >= 0.3 is 5.97 Å². The first-order chi connectivity index (χ1) is 12.8. The van der Waals surface area contributed by atoms with Gasteiger partial charge in [-0.05, 0) is 42.3 Å². The largest absolute Gasteiger partial charge is 0.457 e. The lowest BCUT2D eigenvalue weighted by Gasteiger charge is -2.16. The Balaban J connectivity index is 1.55. The molecule has 0 amide bonds. The fraction of sp³-hybridized carbons (Fsp3) is 0.263. The second-order valence-electron chi connectivity index (χ2n) is 6.11. The minimum absolute atomic E-state index is 0.130. The molecule has 6 nitrogen and oxygen atoms in total. The van der Waals surface area contributed by atoms with E-state index in [1.165, 1.54) is 16.1 Å². The average Bonchev–Trinajstić information content (AvgIpc) is 3.09. The predicted molar refractivity (Wildman–Crippen MR) is 105 cm³/mol. The van der Waals surface area contributed by atoms with Crippen molar-refractivity contribution in [2.24, 2.45) is 0 Å². The molecule has 0 N–H and O–H groups in total. The molecular formula is C19H19NO5S2. The molecule has 0 aromatic heterocycles. The van der Waals surface area contributed by atoms with Crippen LogP contribution in [0.1, 0.15) is 15.9 Å². The number of carbonyl (C=O) groups is 2. The maximum atomic E-state index is 12.3. The monoisotopic (exact) mass is 405 g/mol. The maximum Gasteiger partial charge on any atom is 0.316 e. The Hall–Kier alpha value is -2.32. The van der Waals surface area contributed by atoms with E-state index in [1.54, 1.807) is 18.2 Å². The molecule has 2 aromatic carbocycles. The predicted octanol–water partition coefficient (Wildman–Crippen LogP) is 2.53. The Kier molecular flexibility index (Phi) is 5.86. The third-order valence-corrected chi connectivity index (χ3v) is 6.28. The van der Waals surface area contributed by atoms with Crippen molar-refractivity contribution in [2.45, 2.75) is 11.3 Å². The second-order valence-corrected chi connectivity index (χ2v) is 9.07. The Morgan fingerprint density at radius 1 is 1.15 bits per heavy atom. The van der Waals surface area contributed by atoms with Gasteiger partial charge in [0.15, 0.2) is 12.4 Å². The number of ether oxygens (including phenoxy) is 1. The van der Waals surface area contributed by atoms with Crippen LogP contribution in [0.2, 0.25) is 0 Å². The molecule has 0 aliphatic carbocycles. The van der Waals surface area contributed by atoms with Gasteiger partial charge in [-0.15, -0.1) is 11.8 Å². The van der Waals surface area contributed by atoms with Crippen molar-refractivity contribution in [3.8, 4) is 0 Å². The molecule has 0 spiro atoms. The number of benzene rings is 2. The van der Waals surface area contributed by atoms with Crippen molar-refractivity contribution >= 4 is 39.2 Å². The molecule has 0 fully saturated rings. The van der Waals surface area contributed by atoms with Crippen LogP contribution in [0, 0.1) is 0 Å². The van der Waals surface area contributed by atoms with Crippen molar-refractivity contribution < 1.29 is 22.7 Å². The number of Topliss-reactive ketones (excluding diaryl/α,β-unsaturated/α-hetero) is 1. The first-order valence-corrected chi connectivity index (χ1v) is 11.2. The normalized spacial score (nSPS) is 13.3. The van der Waals surface area contributed by atoms with E-state index in [4.69, 9.17) is 4.74 Å². The molecule has 8 heteroatoms. The van der Waals surface area contributed by atoms with Gasteiger partial charge in [-0.1, -0.05) is 18.2 Å². The van der Waals surface area contributed by atoms with Gasteiger partial charge < -0.3 is 4.74 Å². The van der Waals surface area contributed by atoms with Gasteiger partial charge in [0.05, 0.1) is 17.7 Å². The number of carbonyl (C=O) groups excluding carboxylic acids is 2. The number of hydrogen-bond donors (Lipinski definition) is 0. The summed E-state index contributed by atoms with van der Waals surface area (Å²) in [6, 6.07) is 14.3. The summed E-state index contributed by atoms with van der Waals surface area (Å²) >= 11 is 1.35. The summed E-state index contributed by atoms with van der Waals surface area (Å²) in [6.07, 6.45) is 1.71. The quantitative estimate of drug-likeness (QED) is 0.400. The second kappa shape index (κ2) is 8.14. The Morgan fingerprint density at radius 3 is 2.59 bits per heavy atom. The van der Waals surface area contributed by atoms with Gasteiger partial charge in [0.1, 0.15) is 0 Å². The van der Waals surface area contributed by atoms with Gasteiger partial charge in [0, 0.05) is 17.0 Å². The van der Waals surface area contributed by atoms with Crippen LogP contribution in [0.3, 0.4) is 0 Å². The zero-order valence-corrected chi connectivity index (χ0v) is 16.4. The van der Waals surface area contributed by atoms with Crippen LogP contribution in [0.15, 0.2) is 53.4 Å². The van der Waals surface area contributed by atoms with Crippen molar-refractivity contribution in [3.05, 3.63) is 59.7 Å². The van der Waals surface area contributed by atoms with E-state index in [9.17, 15) is 18.0 Å². The van der Waals surface area contributed by atoms with Gasteiger partial charge in [0.25, 0.3) is 0 Å². The zero-order valence-electron chi connectivity index (χ0n) is 14.8. The number of rotatable bonds is 7. The van der Waals surface area contributed by atoms with E-state index in [0.717, 1.165) is 16.7 Å². The number of esters is 1. The van der Waals surface area contributed by atoms with Gasteiger partial charge in [-0.2, -0.15) is 0 Å². The summed E-state index contributed by atoms with van der Waals surface area (Å²) in [5, 5.41) is 0. The number of fused-ring (bicyclic) bond motifs is 1. The lowest BCUT2D eigenvalue weighted by Crippen LogP contribution is -2.27. The van der Waals surface area contributed by atoms with E-state index in [-0.39, 0.29) is 18.1 Å². The van der Waals surface area contributed by atoms with Crippen LogP contribution in [-0.2, 0) is 26.0 Å². The van der Waals surface area contributed by atoms with E-state index in [0.29, 0.717) is 24.2 Å². The molecule has 0 saturated carbocycles. The summed E-state index contributed by atoms with van der Waals surface area (Å²) < 4.78 is 29.9. The van der Waals surface area contributed by atoms with Gasteiger partial charge in [-0.25, -0.2) is 8.42 Å². The number of hydrogen-bond acceptors (Lipinski definition) is 6. The minimum Gasteiger partial charge on any atom is -0.457 e. The van der Waals surface area contributed by atoms with Crippen molar-refractivity contribution in [1.82, 2.24) is 0 Å². The van der Waals surface area contributed by atoms with E-state index in [2.05, 4.69) is 0 Å². The Bertz CT molecular complexity index is 957. The number of sulfonamides is 1. The van der Waals surface area contributed by atoms with E-state index in [1.807, 2.05) is 30.3 Å². The third kappa shape index (κ3) is 4.90. The van der Waals surface area contributed by atoms with Crippen LogP contribution in [0.25, 0.3) is 0 Å². The molecule has 3 rings (SSSR count). The highest BCUT2D eigenvalue weighted by atomic mass is 32.2. The van der Waals surface area contributed by atoms with Crippen LogP contribution < -0.4 is 4.31 Å². The summed E-state index contributed by atoms with van der Waals surface area (Å²) in [6.45, 7) is 0.0419. The smallest absolute Gasteiger partial charge is 0.316 e. The molecule has 0 atom stereocenters. The maximum absolute atomic E-state index is 12.3. The number of ketones is 1. The van der Waals surface area contributed by atoms with Crippen LogP contribution in [0.4, 0.5) is 5.69 Å². The van der Waals surface area contributed by atoms with Crippen LogP contribution in [-0.4, -0.2) is 45.3 Å². The third-order valence-electron chi connectivity index (χ3n) is 4.12. The number of nitrogens with zero attached hydrogens (tertiary/aromatic N) is 1. The standard InChI is InChI=1S/C19H19NO5S2/c1-27(23,24)20-10-9-14-11-15(7-8-17(14)20)18(21)12-25-19(22)13-26-16-5-3-2-4-6-16/h2-8,11H,9-10,12-13H2,1H3. The fourth-order valence-corrected chi connectivity index (χ4v) is 4.50. The Morgan fingerprint density at radius 2 is 1.89 bits per heavy atom. The highest BCUT2D eigenvalue weighted by Gasteiger charge is 2.26. The van der Waals surface area contributed by atoms with Crippen molar-refractivity contribution in [2.75, 3.05) is 29.5 Å². The highest BCUT2D eigenvalue weighted by molar-refractivity contribution is 8.00. The zero-order chi connectivity index (χ0) is 19.4. The molecule has 1 aliphatic heterocycles. The fourth-order valence-electron chi connectivity index (χ4n) is 2.82. The van der Waals surface area contributed by atoms with E-state index < -0.39 is 16.0 Å². The number of anilines is 1. The first kappa shape index (κ1) is 19.4. The van der Waals surface area contributed by atoms with Gasteiger partial charge in [-0.3, -0.25) is 13.9 Å². The Labute approximate surface area is 162 Å². The van der Waals surface area contributed by atoms with Crippen molar-refractivity contribution in [3.63, 3.8) is 0 Å². The molecular weight excluding hydrogens is 386 g/mol. The first-order valence-electron chi connectivity index (χ1n) is 8.32. The SMILES string of the molecule is CS(=O)(=O)N1CCc2cc(C(=O)COC(=O)CSc3ccccc3)ccc21. The molecule has 0 bridgehead atoms. The molecule has 0 radical (unpaired) electrons. The molecule has 2 aromatic rings. The van der Waals surface area contributed by atoms with Gasteiger partial charge in [0.2, 0.25) is 10.0 Å². The highest BCUT2D eigenvalue weighted by Crippen LogP contribution is 2.30. The number of thioether (sulfide) groups is 1.